The lowest BCUT2D eigenvalue weighted by atomic mass is 10.1. The summed E-state index contributed by atoms with van der Waals surface area (Å²) in [5, 5.41) is 1.73. The normalized spacial score (nSPS) is 12.4. The zero-order chi connectivity index (χ0) is 14.3. The fourth-order valence-electron chi connectivity index (χ4n) is 2.12. The van der Waals surface area contributed by atoms with E-state index in [1.807, 2.05) is 0 Å². The number of rotatable bonds is 2. The summed E-state index contributed by atoms with van der Waals surface area (Å²) < 4.78 is 39.0. The molecule has 104 valence electrons. The van der Waals surface area contributed by atoms with E-state index in [-0.39, 0.29) is 0 Å². The Balaban J connectivity index is 2.21. The molecule has 0 aliphatic carbocycles. The summed E-state index contributed by atoms with van der Waals surface area (Å²) in [7, 11) is 0. The van der Waals surface area contributed by atoms with Gasteiger partial charge in [0.1, 0.15) is 5.52 Å². The molecule has 2 aromatic heterocycles. The Labute approximate surface area is 117 Å². The summed E-state index contributed by atoms with van der Waals surface area (Å²) in [4.78, 5) is 8.56. The van der Waals surface area contributed by atoms with Crippen LogP contribution >= 0.6 is 11.3 Å². The first-order chi connectivity index (χ1) is 9.49. The van der Waals surface area contributed by atoms with Crippen molar-refractivity contribution < 1.29 is 13.2 Å². The predicted molar refractivity (Wildman–Crippen MR) is 73.9 cm³/mol. The first kappa shape index (κ1) is 13.3. The molecule has 0 aliphatic rings. The van der Waals surface area contributed by atoms with E-state index in [4.69, 9.17) is 0 Å². The third kappa shape index (κ3) is 2.24. The van der Waals surface area contributed by atoms with Gasteiger partial charge in [0.15, 0.2) is 0 Å². The minimum absolute atomic E-state index is 0.360. The summed E-state index contributed by atoms with van der Waals surface area (Å²) in [5.41, 5.74) is 0.444. The van der Waals surface area contributed by atoms with E-state index in [0.717, 1.165) is 45.6 Å². The van der Waals surface area contributed by atoms with Gasteiger partial charge in [-0.2, -0.15) is 13.2 Å². The van der Waals surface area contributed by atoms with Gasteiger partial charge in [-0.05, 0) is 25.0 Å². The molecule has 0 aliphatic heterocycles. The highest BCUT2D eigenvalue weighted by atomic mass is 32.1. The zero-order valence-corrected chi connectivity index (χ0v) is 11.5. The van der Waals surface area contributed by atoms with Crippen molar-refractivity contribution in [3.63, 3.8) is 0 Å². The first-order valence-electron chi connectivity index (χ1n) is 6.24. The molecule has 0 radical (unpaired) electrons. The molecule has 0 N–H and O–H groups in total. The molecule has 0 fully saturated rings. The molecule has 0 saturated carbocycles. The van der Waals surface area contributed by atoms with Crippen LogP contribution in [0, 0.1) is 0 Å². The van der Waals surface area contributed by atoms with Crippen LogP contribution in [0.3, 0.4) is 0 Å². The molecule has 2 heterocycles. The predicted octanol–water partition coefficient (Wildman–Crippen LogP) is 4.82. The lowest BCUT2D eigenvalue weighted by Gasteiger charge is -2.07. The fraction of sp³-hybridized carbons (Fsp3) is 0.286. The topological polar surface area (TPSA) is 25.8 Å². The van der Waals surface area contributed by atoms with E-state index in [9.17, 15) is 13.2 Å². The molecule has 0 unspecified atom stereocenters. The van der Waals surface area contributed by atoms with E-state index in [0.29, 0.717) is 5.52 Å². The van der Waals surface area contributed by atoms with Gasteiger partial charge in [-0.1, -0.05) is 13.0 Å². The van der Waals surface area contributed by atoms with Gasteiger partial charge in [0, 0.05) is 5.39 Å². The molecule has 3 rings (SSSR count). The van der Waals surface area contributed by atoms with E-state index in [1.54, 1.807) is 6.20 Å². The maximum Gasteiger partial charge on any atom is 0.416 e. The largest absolute Gasteiger partial charge is 0.416 e. The highest BCUT2D eigenvalue weighted by Crippen LogP contribution is 2.34. The summed E-state index contributed by atoms with van der Waals surface area (Å²) in [6, 6.07) is 3.68. The van der Waals surface area contributed by atoms with Crippen molar-refractivity contribution in [3.05, 3.63) is 35.0 Å². The number of hydrogen-bond acceptors (Lipinski definition) is 3. The first-order valence-corrected chi connectivity index (χ1v) is 7.06. The lowest BCUT2D eigenvalue weighted by molar-refractivity contribution is -0.137. The average molecular weight is 296 g/mol. The molecular weight excluding hydrogens is 285 g/mol. The van der Waals surface area contributed by atoms with Crippen LogP contribution < -0.4 is 0 Å². The Morgan fingerprint density at radius 1 is 1.20 bits per heavy atom. The molecule has 0 amide bonds. The van der Waals surface area contributed by atoms with Crippen LogP contribution in [0.1, 0.15) is 23.9 Å². The van der Waals surface area contributed by atoms with Crippen LogP contribution in [0.2, 0.25) is 0 Å². The van der Waals surface area contributed by atoms with Crippen molar-refractivity contribution in [2.75, 3.05) is 0 Å². The van der Waals surface area contributed by atoms with E-state index >= 15 is 0 Å². The molecule has 0 spiro atoms. The van der Waals surface area contributed by atoms with Gasteiger partial charge in [0.25, 0.3) is 0 Å². The third-order valence-electron chi connectivity index (χ3n) is 3.06. The number of pyridine rings is 1. The van der Waals surface area contributed by atoms with Crippen molar-refractivity contribution in [3.8, 4) is 0 Å². The van der Waals surface area contributed by atoms with Crippen molar-refractivity contribution in [2.45, 2.75) is 25.9 Å². The molecule has 0 saturated heterocycles. The summed E-state index contributed by atoms with van der Waals surface area (Å²) in [5.74, 6) is 0. The second-order valence-corrected chi connectivity index (χ2v) is 5.64. The lowest BCUT2D eigenvalue weighted by Crippen LogP contribution is -2.04. The Bertz CT molecular complexity index is 777. The van der Waals surface area contributed by atoms with E-state index in [1.165, 1.54) is 17.4 Å². The highest BCUT2D eigenvalue weighted by Gasteiger charge is 2.30. The monoisotopic (exact) mass is 296 g/mol. The second kappa shape index (κ2) is 4.70. The van der Waals surface area contributed by atoms with Gasteiger partial charge in [0.05, 0.1) is 27.0 Å². The molecule has 0 atom stereocenters. The van der Waals surface area contributed by atoms with Crippen molar-refractivity contribution in [1.82, 2.24) is 9.97 Å². The van der Waals surface area contributed by atoms with Gasteiger partial charge in [-0.25, -0.2) is 4.98 Å². The quantitative estimate of drug-likeness (QED) is 0.678. The van der Waals surface area contributed by atoms with Crippen LogP contribution in [0.4, 0.5) is 13.2 Å². The van der Waals surface area contributed by atoms with Crippen molar-refractivity contribution in [1.29, 1.82) is 0 Å². The zero-order valence-electron chi connectivity index (χ0n) is 10.7. The maximum absolute atomic E-state index is 12.7. The van der Waals surface area contributed by atoms with Gasteiger partial charge >= 0.3 is 6.18 Å². The maximum atomic E-state index is 12.7. The van der Waals surface area contributed by atoms with Crippen LogP contribution in [0.15, 0.2) is 24.4 Å². The number of alkyl halides is 3. The van der Waals surface area contributed by atoms with Gasteiger partial charge in [-0.3, -0.25) is 4.98 Å². The van der Waals surface area contributed by atoms with Crippen LogP contribution in [0.25, 0.3) is 21.1 Å². The van der Waals surface area contributed by atoms with Gasteiger partial charge < -0.3 is 0 Å². The molecule has 6 heteroatoms. The second-order valence-electron chi connectivity index (χ2n) is 4.56. The molecule has 0 bridgehead atoms. The van der Waals surface area contributed by atoms with Gasteiger partial charge in [0.2, 0.25) is 0 Å². The number of nitrogens with zero attached hydrogens (tertiary/aromatic N) is 2. The third-order valence-corrected chi connectivity index (χ3v) is 4.22. The van der Waals surface area contributed by atoms with Crippen LogP contribution in [0.5, 0.6) is 0 Å². The minimum atomic E-state index is -4.34. The Hall–Kier alpha value is -1.69. The van der Waals surface area contributed by atoms with Crippen molar-refractivity contribution >= 4 is 32.5 Å². The molecular formula is C14H11F3N2S. The number of halogens is 3. The van der Waals surface area contributed by atoms with Crippen LogP contribution in [-0.2, 0) is 12.6 Å². The van der Waals surface area contributed by atoms with Crippen LogP contribution in [-0.4, -0.2) is 9.97 Å². The summed E-state index contributed by atoms with van der Waals surface area (Å²) >= 11 is 1.53. The molecule has 20 heavy (non-hydrogen) atoms. The van der Waals surface area contributed by atoms with E-state index in [2.05, 4.69) is 16.9 Å². The summed E-state index contributed by atoms with van der Waals surface area (Å²) in [6.45, 7) is 2.07. The Kier molecular flexibility index (Phi) is 3.12. The number of aromatic nitrogens is 2. The Morgan fingerprint density at radius 3 is 2.70 bits per heavy atom. The fourth-order valence-corrected chi connectivity index (χ4v) is 3.29. The van der Waals surface area contributed by atoms with Crippen molar-refractivity contribution in [2.24, 2.45) is 0 Å². The number of aryl methyl sites for hydroxylation is 1. The standard InChI is InChI=1S/C14H11F3N2S/c1-2-3-12-19-11-7-18-10-6-8(14(15,16)17)4-5-9(10)13(11)20-12/h4-7H,2-3H2,1H3. The number of thiazole rings is 1. The highest BCUT2D eigenvalue weighted by molar-refractivity contribution is 7.19. The molecule has 1 aromatic carbocycles. The minimum Gasteiger partial charge on any atom is -0.254 e. The SMILES string of the molecule is CCCc1nc2cnc3cc(C(F)(F)F)ccc3c2s1. The number of benzene rings is 1. The molecule has 3 aromatic rings. The number of hydrogen-bond donors (Lipinski definition) is 0. The average Bonchev–Trinajstić information content (AvgIpc) is 2.80. The summed E-state index contributed by atoms with van der Waals surface area (Å²) in [6.07, 6.45) is -0.926. The van der Waals surface area contributed by atoms with Gasteiger partial charge in [-0.15, -0.1) is 11.3 Å². The Morgan fingerprint density at radius 2 is 2.00 bits per heavy atom. The molecule has 2 nitrogen and oxygen atoms in total. The smallest absolute Gasteiger partial charge is 0.254 e. The number of fused-ring (bicyclic) bond motifs is 3. The van der Waals surface area contributed by atoms with E-state index < -0.39 is 11.7 Å².